The molecule has 3 rings (SSSR count). The standard InChI is InChI=1S/C14H16ClNO3/c15-12-5-10(4-9-2-1-3-16-6-9)13-14(11(12)7-17)19-8-18-13/h5,7,9,16H,1-4,6,8H2. The summed E-state index contributed by atoms with van der Waals surface area (Å²) < 4.78 is 10.9. The zero-order chi connectivity index (χ0) is 13.2. The first-order valence-corrected chi connectivity index (χ1v) is 6.94. The van der Waals surface area contributed by atoms with Crippen LogP contribution in [0.15, 0.2) is 6.07 Å². The number of ether oxygens (including phenoxy) is 2. The molecule has 0 bridgehead atoms. The third-order valence-electron chi connectivity index (χ3n) is 3.73. The zero-order valence-electron chi connectivity index (χ0n) is 10.6. The Morgan fingerprint density at radius 2 is 2.26 bits per heavy atom. The highest BCUT2D eigenvalue weighted by Crippen LogP contribution is 2.43. The summed E-state index contributed by atoms with van der Waals surface area (Å²) in [5.41, 5.74) is 1.43. The molecule has 2 aliphatic rings. The molecule has 4 nitrogen and oxygen atoms in total. The number of hydrogen-bond acceptors (Lipinski definition) is 4. The molecule has 1 fully saturated rings. The maximum Gasteiger partial charge on any atom is 0.231 e. The number of benzene rings is 1. The predicted molar refractivity (Wildman–Crippen MR) is 72.3 cm³/mol. The summed E-state index contributed by atoms with van der Waals surface area (Å²) >= 11 is 6.15. The lowest BCUT2D eigenvalue weighted by Crippen LogP contribution is -2.30. The van der Waals surface area contributed by atoms with E-state index >= 15 is 0 Å². The minimum Gasteiger partial charge on any atom is -0.453 e. The van der Waals surface area contributed by atoms with Crippen LogP contribution in [0.25, 0.3) is 0 Å². The van der Waals surface area contributed by atoms with E-state index in [1.54, 1.807) is 0 Å². The Morgan fingerprint density at radius 3 is 3.00 bits per heavy atom. The van der Waals surface area contributed by atoms with Crippen LogP contribution in [0.4, 0.5) is 0 Å². The molecular weight excluding hydrogens is 266 g/mol. The van der Waals surface area contributed by atoms with Crippen molar-refractivity contribution in [1.82, 2.24) is 5.32 Å². The van der Waals surface area contributed by atoms with E-state index in [1.807, 2.05) is 6.07 Å². The first-order valence-electron chi connectivity index (χ1n) is 6.56. The van der Waals surface area contributed by atoms with Gasteiger partial charge in [0.1, 0.15) is 0 Å². The molecule has 5 heteroatoms. The number of halogens is 1. The molecule has 19 heavy (non-hydrogen) atoms. The van der Waals surface area contributed by atoms with E-state index in [0.29, 0.717) is 28.0 Å². The lowest BCUT2D eigenvalue weighted by atomic mass is 9.91. The first kappa shape index (κ1) is 12.8. The normalized spacial score (nSPS) is 21.4. The van der Waals surface area contributed by atoms with Gasteiger partial charge in [-0.15, -0.1) is 0 Å². The highest BCUT2D eigenvalue weighted by atomic mass is 35.5. The number of piperidine rings is 1. The Bertz CT molecular complexity index is 498. The van der Waals surface area contributed by atoms with Gasteiger partial charge in [0, 0.05) is 5.56 Å². The van der Waals surface area contributed by atoms with E-state index in [0.717, 1.165) is 31.4 Å². The molecule has 102 valence electrons. The molecule has 2 heterocycles. The second-order valence-electron chi connectivity index (χ2n) is 5.03. The molecule has 1 N–H and O–H groups in total. The van der Waals surface area contributed by atoms with Crippen molar-refractivity contribution in [2.24, 2.45) is 5.92 Å². The topological polar surface area (TPSA) is 47.6 Å². The van der Waals surface area contributed by atoms with Crippen LogP contribution in [0.3, 0.4) is 0 Å². The van der Waals surface area contributed by atoms with Crippen LogP contribution in [0, 0.1) is 5.92 Å². The van der Waals surface area contributed by atoms with Crippen LogP contribution in [0.1, 0.15) is 28.8 Å². The van der Waals surface area contributed by atoms with Gasteiger partial charge in [-0.05, 0) is 44.3 Å². The zero-order valence-corrected chi connectivity index (χ0v) is 11.3. The number of aldehydes is 1. The fraction of sp³-hybridized carbons (Fsp3) is 0.500. The summed E-state index contributed by atoms with van der Waals surface area (Å²) in [6, 6.07) is 1.84. The summed E-state index contributed by atoms with van der Waals surface area (Å²) in [5.74, 6) is 1.78. The SMILES string of the molecule is O=Cc1c(Cl)cc(CC2CCCNC2)c2c1OCO2. The molecule has 1 aromatic rings. The molecule has 0 radical (unpaired) electrons. The van der Waals surface area contributed by atoms with Gasteiger partial charge in [0.2, 0.25) is 6.79 Å². The van der Waals surface area contributed by atoms with E-state index in [9.17, 15) is 4.79 Å². The third kappa shape index (κ3) is 2.42. The van der Waals surface area contributed by atoms with Crippen molar-refractivity contribution in [2.75, 3.05) is 19.9 Å². The smallest absolute Gasteiger partial charge is 0.231 e. The van der Waals surface area contributed by atoms with Gasteiger partial charge in [-0.2, -0.15) is 0 Å². The Kier molecular flexibility index (Phi) is 3.62. The second kappa shape index (κ2) is 5.39. The van der Waals surface area contributed by atoms with Crippen molar-refractivity contribution in [3.8, 4) is 11.5 Å². The second-order valence-corrected chi connectivity index (χ2v) is 5.44. The molecule has 0 aliphatic carbocycles. The minimum atomic E-state index is 0.159. The van der Waals surface area contributed by atoms with Crippen LogP contribution >= 0.6 is 11.6 Å². The van der Waals surface area contributed by atoms with E-state index in [2.05, 4.69) is 5.32 Å². The van der Waals surface area contributed by atoms with Crippen molar-refractivity contribution in [3.63, 3.8) is 0 Å². The summed E-state index contributed by atoms with van der Waals surface area (Å²) in [7, 11) is 0. The largest absolute Gasteiger partial charge is 0.453 e. The van der Waals surface area contributed by atoms with Crippen LogP contribution in [0.5, 0.6) is 11.5 Å². The van der Waals surface area contributed by atoms with Gasteiger partial charge < -0.3 is 14.8 Å². The van der Waals surface area contributed by atoms with Gasteiger partial charge in [-0.25, -0.2) is 0 Å². The van der Waals surface area contributed by atoms with Gasteiger partial charge in [-0.3, -0.25) is 4.79 Å². The van der Waals surface area contributed by atoms with Gasteiger partial charge >= 0.3 is 0 Å². The molecule has 2 aliphatic heterocycles. The molecule has 1 saturated heterocycles. The Labute approximate surface area is 117 Å². The molecule has 0 saturated carbocycles. The van der Waals surface area contributed by atoms with E-state index in [-0.39, 0.29) is 6.79 Å². The number of hydrogen-bond donors (Lipinski definition) is 1. The predicted octanol–water partition coefficient (Wildman–Crippen LogP) is 2.42. The number of carbonyl (C=O) groups is 1. The highest BCUT2D eigenvalue weighted by Gasteiger charge is 2.26. The van der Waals surface area contributed by atoms with Crippen LogP contribution in [0.2, 0.25) is 5.02 Å². The lowest BCUT2D eigenvalue weighted by Gasteiger charge is -2.23. The molecule has 1 aromatic carbocycles. The minimum absolute atomic E-state index is 0.159. The first-order chi connectivity index (χ1) is 9.29. The Hall–Kier alpha value is -1.26. The summed E-state index contributed by atoms with van der Waals surface area (Å²) in [5, 5.41) is 3.84. The van der Waals surface area contributed by atoms with Crippen molar-refractivity contribution in [3.05, 3.63) is 22.2 Å². The van der Waals surface area contributed by atoms with Crippen LogP contribution in [-0.4, -0.2) is 26.2 Å². The quantitative estimate of drug-likeness (QED) is 0.865. The van der Waals surface area contributed by atoms with E-state index < -0.39 is 0 Å². The number of rotatable bonds is 3. The highest BCUT2D eigenvalue weighted by molar-refractivity contribution is 6.33. The molecule has 0 spiro atoms. The summed E-state index contributed by atoms with van der Waals surface area (Å²) in [4.78, 5) is 11.1. The van der Waals surface area contributed by atoms with E-state index in [4.69, 9.17) is 21.1 Å². The fourth-order valence-corrected chi connectivity index (χ4v) is 3.05. The molecule has 0 amide bonds. The average Bonchev–Trinajstić information content (AvgIpc) is 2.89. The number of carbonyl (C=O) groups excluding carboxylic acids is 1. The maximum absolute atomic E-state index is 11.1. The van der Waals surface area contributed by atoms with Gasteiger partial charge in [0.25, 0.3) is 0 Å². The number of nitrogens with one attached hydrogen (secondary N) is 1. The van der Waals surface area contributed by atoms with Crippen LogP contribution in [-0.2, 0) is 6.42 Å². The van der Waals surface area contributed by atoms with Crippen molar-refractivity contribution < 1.29 is 14.3 Å². The van der Waals surface area contributed by atoms with Crippen molar-refractivity contribution >= 4 is 17.9 Å². The number of fused-ring (bicyclic) bond motifs is 1. The summed E-state index contributed by atoms with van der Waals surface area (Å²) in [6.07, 6.45) is 4.03. The van der Waals surface area contributed by atoms with Crippen molar-refractivity contribution in [1.29, 1.82) is 0 Å². The summed E-state index contributed by atoms with van der Waals surface area (Å²) in [6.45, 7) is 2.27. The molecular formula is C14H16ClNO3. The monoisotopic (exact) mass is 281 g/mol. The average molecular weight is 282 g/mol. The van der Waals surface area contributed by atoms with Gasteiger partial charge in [-0.1, -0.05) is 11.6 Å². The van der Waals surface area contributed by atoms with E-state index in [1.165, 1.54) is 12.8 Å². The Balaban J connectivity index is 1.91. The molecule has 0 aromatic heterocycles. The van der Waals surface area contributed by atoms with Crippen molar-refractivity contribution in [2.45, 2.75) is 19.3 Å². The third-order valence-corrected chi connectivity index (χ3v) is 4.05. The molecule has 1 atom stereocenters. The van der Waals surface area contributed by atoms with Gasteiger partial charge in [0.15, 0.2) is 17.8 Å². The van der Waals surface area contributed by atoms with Crippen LogP contribution < -0.4 is 14.8 Å². The lowest BCUT2D eigenvalue weighted by molar-refractivity contribution is 0.111. The van der Waals surface area contributed by atoms with Gasteiger partial charge in [0.05, 0.1) is 10.6 Å². The fourth-order valence-electron chi connectivity index (χ4n) is 2.79. The maximum atomic E-state index is 11.1. The molecule has 1 unspecified atom stereocenters. The Morgan fingerprint density at radius 1 is 1.42 bits per heavy atom.